The molecule has 0 bridgehead atoms. The topological polar surface area (TPSA) is 51.4 Å². The molecule has 0 amide bonds. The molecule has 2 N–H and O–H groups in total. The van der Waals surface area contributed by atoms with Gasteiger partial charge in [-0.1, -0.05) is 29.3 Å². The van der Waals surface area contributed by atoms with Gasteiger partial charge in [0.05, 0.1) is 6.10 Å². The van der Waals surface area contributed by atoms with E-state index in [4.69, 9.17) is 33.7 Å². The molecule has 0 spiro atoms. The predicted molar refractivity (Wildman–Crippen MR) is 82.2 cm³/mol. The number of piperidine rings is 1. The SMILES string of the molecule is NCCCOC1CCN(Cc2ccc(Cl)nc2Cl)CC1. The fourth-order valence-corrected chi connectivity index (χ4v) is 2.77. The van der Waals surface area contributed by atoms with E-state index < -0.39 is 0 Å². The molecule has 0 saturated carbocycles. The zero-order chi connectivity index (χ0) is 14.4. The van der Waals surface area contributed by atoms with Crippen LogP contribution in [0.15, 0.2) is 12.1 Å². The number of rotatable bonds is 6. The highest BCUT2D eigenvalue weighted by molar-refractivity contribution is 6.32. The Morgan fingerprint density at radius 2 is 2.05 bits per heavy atom. The highest BCUT2D eigenvalue weighted by atomic mass is 35.5. The monoisotopic (exact) mass is 317 g/mol. The molecule has 1 aromatic heterocycles. The van der Waals surface area contributed by atoms with Crippen molar-refractivity contribution in [2.45, 2.75) is 31.9 Å². The van der Waals surface area contributed by atoms with Crippen LogP contribution in [0.3, 0.4) is 0 Å². The summed E-state index contributed by atoms with van der Waals surface area (Å²) in [6.45, 7) is 4.33. The maximum atomic E-state index is 6.10. The first kappa shape index (κ1) is 16.0. The Labute approximate surface area is 130 Å². The zero-order valence-corrected chi connectivity index (χ0v) is 13.0. The Morgan fingerprint density at radius 3 is 2.70 bits per heavy atom. The Hall–Kier alpha value is -0.390. The van der Waals surface area contributed by atoms with Crippen LogP contribution in [-0.4, -0.2) is 42.2 Å². The third kappa shape index (κ3) is 4.86. The lowest BCUT2D eigenvalue weighted by molar-refractivity contribution is 0.00562. The second-order valence-corrected chi connectivity index (χ2v) is 5.82. The van der Waals surface area contributed by atoms with E-state index in [2.05, 4.69) is 9.88 Å². The number of likely N-dealkylation sites (tertiary alicyclic amines) is 1. The Morgan fingerprint density at radius 1 is 1.30 bits per heavy atom. The Kier molecular flexibility index (Phi) is 6.52. The molecule has 20 heavy (non-hydrogen) atoms. The van der Waals surface area contributed by atoms with Gasteiger partial charge in [0.2, 0.25) is 0 Å². The van der Waals surface area contributed by atoms with E-state index in [-0.39, 0.29) is 0 Å². The summed E-state index contributed by atoms with van der Waals surface area (Å²) in [5.41, 5.74) is 6.49. The van der Waals surface area contributed by atoms with Crippen LogP contribution in [-0.2, 0) is 11.3 Å². The number of pyridine rings is 1. The summed E-state index contributed by atoms with van der Waals surface area (Å²) in [5.74, 6) is 0. The number of hydrogen-bond acceptors (Lipinski definition) is 4. The second kappa shape index (κ2) is 8.15. The van der Waals surface area contributed by atoms with Gasteiger partial charge in [0.25, 0.3) is 0 Å². The number of ether oxygens (including phenoxy) is 1. The van der Waals surface area contributed by atoms with Crippen molar-refractivity contribution in [3.63, 3.8) is 0 Å². The largest absolute Gasteiger partial charge is 0.378 e. The van der Waals surface area contributed by atoms with E-state index in [1.54, 1.807) is 6.07 Å². The van der Waals surface area contributed by atoms with Crippen LogP contribution in [0.4, 0.5) is 0 Å². The van der Waals surface area contributed by atoms with Crippen LogP contribution >= 0.6 is 23.2 Å². The minimum atomic E-state index is 0.372. The zero-order valence-electron chi connectivity index (χ0n) is 11.5. The average Bonchev–Trinajstić information content (AvgIpc) is 2.44. The Balaban J connectivity index is 1.76. The summed E-state index contributed by atoms with van der Waals surface area (Å²) in [6, 6.07) is 3.73. The van der Waals surface area contributed by atoms with Gasteiger partial charge in [-0.15, -0.1) is 0 Å². The smallest absolute Gasteiger partial charge is 0.135 e. The molecule has 0 aliphatic carbocycles. The molecule has 2 heterocycles. The summed E-state index contributed by atoms with van der Waals surface area (Å²) in [7, 11) is 0. The third-order valence-electron chi connectivity index (χ3n) is 3.52. The summed E-state index contributed by atoms with van der Waals surface area (Å²) < 4.78 is 5.80. The van der Waals surface area contributed by atoms with Gasteiger partial charge in [-0.05, 0) is 31.9 Å². The van der Waals surface area contributed by atoms with Crippen LogP contribution < -0.4 is 5.73 Å². The molecule has 0 unspecified atom stereocenters. The standard InChI is InChI=1S/C14H21Cl2N3O/c15-13-3-2-11(14(16)18-13)10-19-7-4-12(5-8-19)20-9-1-6-17/h2-3,12H,1,4-10,17H2. The molecule has 4 nitrogen and oxygen atoms in total. The summed E-state index contributed by atoms with van der Waals surface area (Å²) in [6.07, 6.45) is 3.43. The molecule has 2 rings (SSSR count). The lowest BCUT2D eigenvalue weighted by Gasteiger charge is -2.32. The first-order valence-electron chi connectivity index (χ1n) is 7.04. The third-order valence-corrected chi connectivity index (χ3v) is 4.06. The number of hydrogen-bond donors (Lipinski definition) is 1. The van der Waals surface area contributed by atoms with Crippen molar-refractivity contribution < 1.29 is 4.74 Å². The fourth-order valence-electron chi connectivity index (χ4n) is 2.37. The van der Waals surface area contributed by atoms with Crippen LogP contribution in [0.2, 0.25) is 10.3 Å². The van der Waals surface area contributed by atoms with Crippen molar-refractivity contribution >= 4 is 23.2 Å². The van der Waals surface area contributed by atoms with E-state index in [0.717, 1.165) is 51.1 Å². The quantitative estimate of drug-likeness (QED) is 0.647. The van der Waals surface area contributed by atoms with Gasteiger partial charge >= 0.3 is 0 Å². The molecular formula is C14H21Cl2N3O. The van der Waals surface area contributed by atoms with Crippen molar-refractivity contribution in [3.05, 3.63) is 28.0 Å². The highest BCUT2D eigenvalue weighted by Crippen LogP contribution is 2.21. The van der Waals surface area contributed by atoms with Crippen LogP contribution in [0.5, 0.6) is 0 Å². The van der Waals surface area contributed by atoms with Crippen LogP contribution in [0.25, 0.3) is 0 Å². The van der Waals surface area contributed by atoms with Gasteiger partial charge in [0.15, 0.2) is 0 Å². The van der Waals surface area contributed by atoms with E-state index >= 15 is 0 Å². The molecule has 0 radical (unpaired) electrons. The minimum Gasteiger partial charge on any atom is -0.378 e. The van der Waals surface area contributed by atoms with Crippen molar-refractivity contribution in [2.75, 3.05) is 26.2 Å². The fraction of sp³-hybridized carbons (Fsp3) is 0.643. The molecule has 6 heteroatoms. The van der Waals surface area contributed by atoms with Crippen molar-refractivity contribution in [3.8, 4) is 0 Å². The molecule has 0 atom stereocenters. The van der Waals surface area contributed by atoms with Gasteiger partial charge in [0, 0.05) is 31.8 Å². The molecule has 1 saturated heterocycles. The minimum absolute atomic E-state index is 0.372. The van der Waals surface area contributed by atoms with Crippen molar-refractivity contribution in [1.82, 2.24) is 9.88 Å². The van der Waals surface area contributed by atoms with Gasteiger partial charge in [-0.2, -0.15) is 0 Å². The summed E-state index contributed by atoms with van der Waals surface area (Å²) >= 11 is 11.9. The molecule has 1 aromatic rings. The van der Waals surface area contributed by atoms with Gasteiger partial charge in [-0.25, -0.2) is 4.98 Å². The van der Waals surface area contributed by atoms with E-state index in [1.807, 2.05) is 6.07 Å². The van der Waals surface area contributed by atoms with Gasteiger partial charge in [0.1, 0.15) is 10.3 Å². The van der Waals surface area contributed by atoms with Gasteiger partial charge < -0.3 is 10.5 Å². The number of halogens is 2. The number of nitrogens with zero attached hydrogens (tertiary/aromatic N) is 2. The first-order chi connectivity index (χ1) is 9.69. The van der Waals surface area contributed by atoms with Crippen LogP contribution in [0, 0.1) is 0 Å². The van der Waals surface area contributed by atoms with E-state index in [1.165, 1.54) is 0 Å². The average molecular weight is 318 g/mol. The lowest BCUT2D eigenvalue weighted by atomic mass is 10.1. The predicted octanol–water partition coefficient (Wildman–Crippen LogP) is 2.72. The van der Waals surface area contributed by atoms with Crippen LogP contribution in [0.1, 0.15) is 24.8 Å². The maximum Gasteiger partial charge on any atom is 0.135 e. The van der Waals surface area contributed by atoms with Crippen molar-refractivity contribution in [2.24, 2.45) is 5.73 Å². The molecule has 1 fully saturated rings. The second-order valence-electron chi connectivity index (χ2n) is 5.07. The summed E-state index contributed by atoms with van der Waals surface area (Å²) in [4.78, 5) is 6.45. The normalized spacial score (nSPS) is 17.6. The number of aromatic nitrogens is 1. The number of nitrogens with two attached hydrogens (primary N) is 1. The molecule has 0 aromatic carbocycles. The molecule has 112 valence electrons. The Bertz CT molecular complexity index is 423. The first-order valence-corrected chi connectivity index (χ1v) is 7.79. The molecular weight excluding hydrogens is 297 g/mol. The van der Waals surface area contributed by atoms with Crippen molar-refractivity contribution in [1.29, 1.82) is 0 Å². The van der Waals surface area contributed by atoms with Gasteiger partial charge in [-0.3, -0.25) is 4.90 Å². The highest BCUT2D eigenvalue weighted by Gasteiger charge is 2.20. The van der Waals surface area contributed by atoms with E-state index in [0.29, 0.717) is 23.0 Å². The molecule has 1 aliphatic heterocycles. The lowest BCUT2D eigenvalue weighted by Crippen LogP contribution is -2.36. The maximum absolute atomic E-state index is 6.10. The van der Waals surface area contributed by atoms with E-state index in [9.17, 15) is 0 Å². The summed E-state index contributed by atoms with van der Waals surface area (Å²) in [5, 5.41) is 0.935. The molecule has 1 aliphatic rings.